The molecular weight excluding hydrogens is 273 g/mol. The summed E-state index contributed by atoms with van der Waals surface area (Å²) < 4.78 is 0.224. The zero-order chi connectivity index (χ0) is 13.3. The number of likely N-dealkylation sites (N-methyl/N-ethyl adjacent to an activating group) is 1. The Kier molecular flexibility index (Phi) is 12.6. The maximum atomic E-state index is 12.0. The van der Waals surface area contributed by atoms with E-state index in [4.69, 9.17) is 11.6 Å². The molecule has 0 fully saturated rings. The number of hydrogen-bond donors (Lipinski definition) is 1. The summed E-state index contributed by atoms with van der Waals surface area (Å²) in [5.41, 5.74) is 0. The van der Waals surface area contributed by atoms with Gasteiger partial charge >= 0.3 is 5.91 Å². The van der Waals surface area contributed by atoms with E-state index in [9.17, 15) is 9.90 Å². The molecule has 110 valence electrons. The van der Waals surface area contributed by atoms with Crippen molar-refractivity contribution in [3.05, 3.63) is 0 Å². The van der Waals surface area contributed by atoms with Crippen molar-refractivity contribution in [2.45, 2.75) is 51.6 Å². The number of amides is 1. The van der Waals surface area contributed by atoms with Crippen LogP contribution in [0.3, 0.4) is 0 Å². The zero-order valence-corrected chi connectivity index (χ0v) is 13.3. The summed E-state index contributed by atoms with van der Waals surface area (Å²) >= 11 is 5.55. The van der Waals surface area contributed by atoms with Crippen LogP contribution in [0.15, 0.2) is 0 Å². The molecule has 0 saturated heterocycles. The SMILES string of the molecule is CCCCCCCC(=O)[N+](C)(C)CC(O)CCl.[Cl-]. The van der Waals surface area contributed by atoms with Crippen LogP contribution in [0.4, 0.5) is 0 Å². The first kappa shape index (κ1) is 20.5. The third-order valence-electron chi connectivity index (χ3n) is 3.01. The molecule has 1 amide bonds. The Morgan fingerprint density at radius 3 is 2.28 bits per heavy atom. The van der Waals surface area contributed by atoms with E-state index in [0.717, 1.165) is 12.8 Å². The van der Waals surface area contributed by atoms with Crippen LogP contribution in [0.2, 0.25) is 0 Å². The molecule has 18 heavy (non-hydrogen) atoms. The molecule has 0 aromatic heterocycles. The minimum absolute atomic E-state index is 0. The van der Waals surface area contributed by atoms with Crippen molar-refractivity contribution in [1.82, 2.24) is 0 Å². The van der Waals surface area contributed by atoms with Crippen LogP contribution in [-0.2, 0) is 4.79 Å². The molecule has 0 radical (unpaired) electrons. The van der Waals surface area contributed by atoms with Gasteiger partial charge in [0.05, 0.1) is 26.4 Å². The molecule has 0 heterocycles. The fourth-order valence-corrected chi connectivity index (χ4v) is 1.96. The molecule has 3 nitrogen and oxygen atoms in total. The molecule has 5 heteroatoms. The minimum atomic E-state index is -0.601. The summed E-state index contributed by atoms with van der Waals surface area (Å²) in [6.07, 6.45) is 5.76. The van der Waals surface area contributed by atoms with Gasteiger partial charge in [-0.1, -0.05) is 32.6 Å². The third kappa shape index (κ3) is 9.15. The van der Waals surface area contributed by atoms with Crippen LogP contribution in [-0.4, -0.2) is 48.1 Å². The summed E-state index contributed by atoms with van der Waals surface area (Å²) in [6.45, 7) is 2.58. The van der Waals surface area contributed by atoms with Gasteiger partial charge in [-0.05, 0) is 6.42 Å². The number of halogens is 2. The standard InChI is InChI=1S/C13H27ClNO2.ClH/c1-4-5-6-7-8-9-13(17)15(2,3)11-12(16)10-14;/h12,16H,4-11H2,1-3H3;1H/q+1;/p-1. The first-order chi connectivity index (χ1) is 7.94. The molecule has 0 aliphatic rings. The first-order valence-corrected chi connectivity index (χ1v) is 7.08. The van der Waals surface area contributed by atoms with Crippen LogP contribution in [0.1, 0.15) is 45.4 Å². The zero-order valence-electron chi connectivity index (χ0n) is 11.8. The predicted octanol–water partition coefficient (Wildman–Crippen LogP) is -0.446. The number of aliphatic hydroxyl groups is 1. The van der Waals surface area contributed by atoms with Crippen molar-refractivity contribution in [1.29, 1.82) is 0 Å². The molecule has 0 aliphatic carbocycles. The Morgan fingerprint density at radius 2 is 1.78 bits per heavy atom. The molecule has 0 aliphatic heterocycles. The van der Waals surface area contributed by atoms with E-state index < -0.39 is 6.10 Å². The molecule has 0 aromatic rings. The lowest BCUT2D eigenvalue weighted by atomic mass is 10.1. The van der Waals surface area contributed by atoms with Gasteiger partial charge in [-0.2, -0.15) is 0 Å². The highest BCUT2D eigenvalue weighted by atomic mass is 35.5. The van der Waals surface area contributed by atoms with Gasteiger partial charge in [-0.15, -0.1) is 11.6 Å². The van der Waals surface area contributed by atoms with Crippen LogP contribution in [0, 0.1) is 0 Å². The fraction of sp³-hybridized carbons (Fsp3) is 0.923. The molecular formula is C13H27Cl2NO2. The van der Waals surface area contributed by atoms with Gasteiger partial charge in [0.15, 0.2) is 0 Å². The van der Waals surface area contributed by atoms with Gasteiger partial charge < -0.3 is 17.5 Å². The van der Waals surface area contributed by atoms with Crippen molar-refractivity contribution in [3.63, 3.8) is 0 Å². The number of alkyl halides is 1. The molecule has 0 bridgehead atoms. The van der Waals surface area contributed by atoms with E-state index >= 15 is 0 Å². The predicted molar refractivity (Wildman–Crippen MR) is 72.1 cm³/mol. The first-order valence-electron chi connectivity index (χ1n) is 6.54. The maximum absolute atomic E-state index is 12.0. The lowest BCUT2D eigenvalue weighted by Crippen LogP contribution is -3.00. The molecule has 0 spiro atoms. The molecule has 0 saturated carbocycles. The summed E-state index contributed by atoms with van der Waals surface area (Å²) in [4.78, 5) is 12.0. The number of quaternary nitrogens is 1. The Morgan fingerprint density at radius 1 is 1.22 bits per heavy atom. The summed E-state index contributed by atoms with van der Waals surface area (Å²) in [5, 5.41) is 9.48. The highest BCUT2D eigenvalue weighted by Gasteiger charge is 2.28. The number of aliphatic hydroxyl groups excluding tert-OH is 1. The van der Waals surface area contributed by atoms with Gasteiger partial charge in [0.2, 0.25) is 0 Å². The maximum Gasteiger partial charge on any atom is 0.313 e. The largest absolute Gasteiger partial charge is 1.00 e. The van der Waals surface area contributed by atoms with Gasteiger partial charge in [0.25, 0.3) is 0 Å². The Hall–Kier alpha value is 0.170. The van der Waals surface area contributed by atoms with Gasteiger partial charge in [0.1, 0.15) is 12.6 Å². The Balaban J connectivity index is 0. The van der Waals surface area contributed by atoms with Crippen molar-refractivity contribution >= 4 is 17.5 Å². The Labute approximate surface area is 123 Å². The summed E-state index contributed by atoms with van der Waals surface area (Å²) in [5.74, 6) is 0.372. The second-order valence-corrected chi connectivity index (χ2v) is 5.54. The molecule has 1 unspecified atom stereocenters. The highest BCUT2D eigenvalue weighted by Crippen LogP contribution is 2.10. The van der Waals surface area contributed by atoms with Crippen LogP contribution in [0.25, 0.3) is 0 Å². The summed E-state index contributed by atoms with van der Waals surface area (Å²) in [7, 11) is 3.67. The van der Waals surface area contributed by atoms with Gasteiger partial charge in [-0.25, -0.2) is 4.79 Å². The van der Waals surface area contributed by atoms with Gasteiger partial charge in [0, 0.05) is 0 Å². The van der Waals surface area contributed by atoms with Crippen LogP contribution in [0.5, 0.6) is 0 Å². The lowest BCUT2D eigenvalue weighted by molar-refractivity contribution is -0.817. The van der Waals surface area contributed by atoms with E-state index in [1.165, 1.54) is 19.3 Å². The normalized spacial score (nSPS) is 12.9. The number of carbonyl (C=O) groups is 1. The monoisotopic (exact) mass is 299 g/mol. The van der Waals surface area contributed by atoms with Crippen molar-refractivity contribution in [2.75, 3.05) is 26.5 Å². The molecule has 1 N–H and O–H groups in total. The quantitative estimate of drug-likeness (QED) is 0.356. The number of unbranched alkanes of at least 4 members (excludes halogenated alkanes) is 4. The van der Waals surface area contributed by atoms with Crippen molar-refractivity contribution in [3.8, 4) is 0 Å². The minimum Gasteiger partial charge on any atom is -1.00 e. The average molecular weight is 300 g/mol. The number of rotatable bonds is 9. The smallest absolute Gasteiger partial charge is 0.313 e. The fourth-order valence-electron chi connectivity index (χ4n) is 1.86. The summed E-state index contributed by atoms with van der Waals surface area (Å²) in [6, 6.07) is 0. The van der Waals surface area contributed by atoms with E-state index in [0.29, 0.717) is 13.0 Å². The van der Waals surface area contributed by atoms with Crippen LogP contribution >= 0.6 is 11.6 Å². The number of hydrogen-bond acceptors (Lipinski definition) is 2. The van der Waals surface area contributed by atoms with E-state index in [1.807, 2.05) is 14.1 Å². The second-order valence-electron chi connectivity index (χ2n) is 5.23. The van der Waals surface area contributed by atoms with Crippen LogP contribution < -0.4 is 12.4 Å². The third-order valence-corrected chi connectivity index (χ3v) is 3.37. The average Bonchev–Trinajstić information content (AvgIpc) is 2.27. The second kappa shape index (κ2) is 11.0. The van der Waals surface area contributed by atoms with Crippen molar-refractivity contribution < 1.29 is 26.8 Å². The molecule has 0 rings (SSSR count). The lowest BCUT2D eigenvalue weighted by Gasteiger charge is -2.28. The number of carbonyl (C=O) groups excluding carboxylic acids is 1. The van der Waals surface area contributed by atoms with Gasteiger partial charge in [-0.3, -0.25) is 4.48 Å². The van der Waals surface area contributed by atoms with E-state index in [2.05, 4.69) is 6.92 Å². The van der Waals surface area contributed by atoms with E-state index in [-0.39, 0.29) is 28.7 Å². The van der Waals surface area contributed by atoms with Crippen molar-refractivity contribution in [2.24, 2.45) is 0 Å². The van der Waals surface area contributed by atoms with E-state index in [1.54, 1.807) is 0 Å². The highest BCUT2D eigenvalue weighted by molar-refractivity contribution is 6.18. The topological polar surface area (TPSA) is 37.3 Å². The molecule has 0 aromatic carbocycles. The molecule has 1 atom stereocenters. The number of nitrogens with zero attached hydrogens (tertiary/aromatic N) is 1. The Bertz CT molecular complexity index is 223.